The molecule has 1 aliphatic carbocycles. The molecule has 0 radical (unpaired) electrons. The molecular formula is C25H32BrN3O. The van der Waals surface area contributed by atoms with Crippen LogP contribution in [-0.2, 0) is 11.3 Å². The highest BCUT2D eigenvalue weighted by atomic mass is 79.9. The predicted octanol–water partition coefficient (Wildman–Crippen LogP) is 4.27. The number of carbonyl (C=O) groups is 1. The highest BCUT2D eigenvalue weighted by Crippen LogP contribution is 2.47. The minimum absolute atomic E-state index is 0.170. The standard InChI is InChI=1S/C25H32BrN3O/c26-22-10-8-21(9-11-22)23-18-24(23)25(30)27-12-4-5-13-28-14-16-29(17-15-28)19-20-6-2-1-3-7-20/h1-3,6-11,23-24H,4-5,12-19H2,(H,27,30). The number of hydrogen-bond donors (Lipinski definition) is 1. The van der Waals surface area contributed by atoms with Crippen LogP contribution >= 0.6 is 15.9 Å². The fourth-order valence-corrected chi connectivity index (χ4v) is 4.64. The van der Waals surface area contributed by atoms with Crippen molar-refractivity contribution >= 4 is 21.8 Å². The maximum absolute atomic E-state index is 12.4. The zero-order valence-corrected chi connectivity index (χ0v) is 19.2. The van der Waals surface area contributed by atoms with Gasteiger partial charge >= 0.3 is 0 Å². The smallest absolute Gasteiger partial charge is 0.223 e. The van der Waals surface area contributed by atoms with E-state index in [1.807, 2.05) is 0 Å². The van der Waals surface area contributed by atoms with Crippen LogP contribution in [0.4, 0.5) is 0 Å². The third kappa shape index (κ3) is 6.16. The van der Waals surface area contributed by atoms with Crippen molar-refractivity contribution < 1.29 is 4.79 Å². The molecule has 1 saturated carbocycles. The van der Waals surface area contributed by atoms with Gasteiger partial charge in [-0.3, -0.25) is 9.69 Å². The summed E-state index contributed by atoms with van der Waals surface area (Å²) in [5.41, 5.74) is 2.68. The van der Waals surface area contributed by atoms with Gasteiger partial charge in [-0.1, -0.05) is 58.4 Å². The first-order valence-electron chi connectivity index (χ1n) is 11.2. The molecule has 1 amide bonds. The Hall–Kier alpha value is -1.69. The lowest BCUT2D eigenvalue weighted by Gasteiger charge is -2.34. The van der Waals surface area contributed by atoms with E-state index in [-0.39, 0.29) is 11.8 Å². The van der Waals surface area contributed by atoms with E-state index in [2.05, 4.69) is 85.6 Å². The van der Waals surface area contributed by atoms with Crippen molar-refractivity contribution in [3.05, 3.63) is 70.2 Å². The molecule has 1 aliphatic heterocycles. The van der Waals surface area contributed by atoms with E-state index < -0.39 is 0 Å². The molecule has 4 nitrogen and oxygen atoms in total. The topological polar surface area (TPSA) is 35.6 Å². The van der Waals surface area contributed by atoms with E-state index in [1.54, 1.807) is 0 Å². The monoisotopic (exact) mass is 469 g/mol. The largest absolute Gasteiger partial charge is 0.356 e. The van der Waals surface area contributed by atoms with Crippen molar-refractivity contribution in [1.82, 2.24) is 15.1 Å². The molecule has 2 aliphatic rings. The van der Waals surface area contributed by atoms with E-state index >= 15 is 0 Å². The molecule has 0 aromatic heterocycles. The van der Waals surface area contributed by atoms with Crippen molar-refractivity contribution in [2.24, 2.45) is 5.92 Å². The summed E-state index contributed by atoms with van der Waals surface area (Å²) in [5, 5.41) is 3.15. The Morgan fingerprint density at radius 1 is 0.933 bits per heavy atom. The van der Waals surface area contributed by atoms with Gasteiger partial charge in [0.25, 0.3) is 0 Å². The number of carbonyl (C=O) groups excluding carboxylic acids is 1. The molecule has 160 valence electrons. The summed E-state index contributed by atoms with van der Waals surface area (Å²) in [4.78, 5) is 17.5. The second kappa shape index (κ2) is 10.6. The van der Waals surface area contributed by atoms with Crippen molar-refractivity contribution in [2.75, 3.05) is 39.3 Å². The van der Waals surface area contributed by atoms with Crippen molar-refractivity contribution in [3.63, 3.8) is 0 Å². The van der Waals surface area contributed by atoms with E-state index in [1.165, 1.54) is 11.1 Å². The average Bonchev–Trinajstić information content (AvgIpc) is 3.57. The highest BCUT2D eigenvalue weighted by molar-refractivity contribution is 9.10. The Balaban J connectivity index is 1.06. The van der Waals surface area contributed by atoms with E-state index in [0.29, 0.717) is 5.92 Å². The number of halogens is 1. The van der Waals surface area contributed by atoms with Crippen LogP contribution in [0.1, 0.15) is 36.3 Å². The number of amides is 1. The Bertz CT molecular complexity index is 803. The van der Waals surface area contributed by atoms with Crippen molar-refractivity contribution in [2.45, 2.75) is 31.7 Å². The number of unbranched alkanes of at least 4 members (excludes halogenated alkanes) is 1. The molecule has 1 saturated heterocycles. The van der Waals surface area contributed by atoms with Gasteiger partial charge in [0.15, 0.2) is 0 Å². The Morgan fingerprint density at radius 2 is 1.63 bits per heavy atom. The third-order valence-electron chi connectivity index (χ3n) is 6.34. The summed E-state index contributed by atoms with van der Waals surface area (Å²) in [7, 11) is 0. The fraction of sp³-hybridized carbons (Fsp3) is 0.480. The van der Waals surface area contributed by atoms with Gasteiger partial charge in [-0.15, -0.1) is 0 Å². The molecular weight excluding hydrogens is 438 g/mol. The molecule has 1 N–H and O–H groups in total. The minimum atomic E-state index is 0.170. The van der Waals surface area contributed by atoms with Crippen LogP contribution in [0, 0.1) is 5.92 Å². The van der Waals surface area contributed by atoms with Gasteiger partial charge in [-0.25, -0.2) is 0 Å². The summed E-state index contributed by atoms with van der Waals surface area (Å²) in [6.07, 6.45) is 3.20. The van der Waals surface area contributed by atoms with Crippen molar-refractivity contribution in [1.29, 1.82) is 0 Å². The van der Waals surface area contributed by atoms with Gasteiger partial charge in [-0.2, -0.15) is 0 Å². The van der Waals surface area contributed by atoms with Crippen LogP contribution < -0.4 is 5.32 Å². The summed E-state index contributed by atoms with van der Waals surface area (Å²) in [5.74, 6) is 0.812. The molecule has 5 heteroatoms. The number of nitrogens with one attached hydrogen (secondary N) is 1. The van der Waals surface area contributed by atoms with Crippen LogP contribution in [0.25, 0.3) is 0 Å². The molecule has 4 rings (SSSR count). The Labute approximate surface area is 188 Å². The molecule has 2 aromatic carbocycles. The zero-order valence-electron chi connectivity index (χ0n) is 17.6. The molecule has 1 heterocycles. The van der Waals surface area contributed by atoms with E-state index in [9.17, 15) is 4.79 Å². The van der Waals surface area contributed by atoms with E-state index in [4.69, 9.17) is 0 Å². The lowest BCUT2D eigenvalue weighted by atomic mass is 10.1. The minimum Gasteiger partial charge on any atom is -0.356 e. The van der Waals surface area contributed by atoms with Crippen molar-refractivity contribution in [3.8, 4) is 0 Å². The lowest BCUT2D eigenvalue weighted by molar-refractivity contribution is -0.122. The zero-order chi connectivity index (χ0) is 20.8. The number of hydrogen-bond acceptors (Lipinski definition) is 3. The quantitative estimate of drug-likeness (QED) is 0.557. The second-order valence-electron chi connectivity index (χ2n) is 8.60. The summed E-state index contributed by atoms with van der Waals surface area (Å²) in [6, 6.07) is 19.1. The lowest BCUT2D eigenvalue weighted by Crippen LogP contribution is -2.46. The first-order valence-corrected chi connectivity index (χ1v) is 12.0. The van der Waals surface area contributed by atoms with Crippen LogP contribution in [0.3, 0.4) is 0 Å². The highest BCUT2D eigenvalue weighted by Gasteiger charge is 2.43. The summed E-state index contributed by atoms with van der Waals surface area (Å²) >= 11 is 3.47. The molecule has 0 spiro atoms. The van der Waals surface area contributed by atoms with Gasteiger partial charge in [0.2, 0.25) is 5.91 Å². The number of benzene rings is 2. The molecule has 30 heavy (non-hydrogen) atoms. The Morgan fingerprint density at radius 3 is 2.37 bits per heavy atom. The molecule has 2 fully saturated rings. The first kappa shape index (κ1) is 21.5. The van der Waals surface area contributed by atoms with Gasteiger partial charge in [0.05, 0.1) is 0 Å². The van der Waals surface area contributed by atoms with Gasteiger partial charge in [-0.05, 0) is 55.0 Å². The maximum Gasteiger partial charge on any atom is 0.223 e. The van der Waals surface area contributed by atoms with Crippen LogP contribution in [-0.4, -0.2) is 55.0 Å². The maximum atomic E-state index is 12.4. The second-order valence-corrected chi connectivity index (χ2v) is 9.52. The summed E-state index contributed by atoms with van der Waals surface area (Å²) in [6.45, 7) is 7.58. The number of piperazine rings is 1. The van der Waals surface area contributed by atoms with Gasteiger partial charge in [0, 0.05) is 49.7 Å². The third-order valence-corrected chi connectivity index (χ3v) is 6.87. The average molecular weight is 470 g/mol. The fourth-order valence-electron chi connectivity index (χ4n) is 4.38. The van der Waals surface area contributed by atoms with Gasteiger partial charge < -0.3 is 10.2 Å². The van der Waals surface area contributed by atoms with Crippen LogP contribution in [0.5, 0.6) is 0 Å². The Kier molecular flexibility index (Phi) is 7.58. The molecule has 2 atom stereocenters. The number of rotatable bonds is 9. The SMILES string of the molecule is O=C(NCCCCN1CCN(Cc2ccccc2)CC1)C1CC1c1ccc(Br)cc1. The molecule has 2 aromatic rings. The van der Waals surface area contributed by atoms with Gasteiger partial charge in [0.1, 0.15) is 0 Å². The number of nitrogens with zero attached hydrogens (tertiary/aromatic N) is 2. The normalized spacial score (nSPS) is 22.0. The van der Waals surface area contributed by atoms with E-state index in [0.717, 1.165) is 69.5 Å². The van der Waals surface area contributed by atoms with Crippen LogP contribution in [0.2, 0.25) is 0 Å². The predicted molar refractivity (Wildman–Crippen MR) is 125 cm³/mol. The summed E-state index contributed by atoms with van der Waals surface area (Å²) < 4.78 is 1.09. The molecule has 0 bridgehead atoms. The van der Waals surface area contributed by atoms with Crippen LogP contribution in [0.15, 0.2) is 59.1 Å². The molecule has 2 unspecified atom stereocenters. The first-order chi connectivity index (χ1) is 14.7.